The number of hydrogen-bond donors (Lipinski definition) is 2. The summed E-state index contributed by atoms with van der Waals surface area (Å²) in [7, 11) is 0. The molecule has 0 spiro atoms. The smallest absolute Gasteiger partial charge is 0.251 e. The number of benzene rings is 1. The minimum absolute atomic E-state index is 0.180. The molecule has 0 heterocycles. The van der Waals surface area contributed by atoms with Crippen LogP contribution in [0, 0.1) is 3.57 Å². The van der Waals surface area contributed by atoms with Crippen LogP contribution in [0.25, 0.3) is 0 Å². The normalized spacial score (nSPS) is 18.4. The Morgan fingerprint density at radius 2 is 1.95 bits per heavy atom. The van der Waals surface area contributed by atoms with Crippen LogP contribution in [0.3, 0.4) is 0 Å². The maximum absolute atomic E-state index is 12.1. The zero-order valence-electron chi connectivity index (χ0n) is 11.3. The third kappa shape index (κ3) is 4.33. The van der Waals surface area contributed by atoms with Crippen LogP contribution in [-0.4, -0.2) is 23.2 Å². The van der Waals surface area contributed by atoms with Gasteiger partial charge in [-0.15, -0.1) is 0 Å². The molecule has 3 nitrogen and oxygen atoms in total. The first-order valence-electron chi connectivity index (χ1n) is 6.96. The van der Waals surface area contributed by atoms with Gasteiger partial charge >= 0.3 is 0 Å². The van der Waals surface area contributed by atoms with Gasteiger partial charge in [0.15, 0.2) is 0 Å². The summed E-state index contributed by atoms with van der Waals surface area (Å²) in [5.74, 6) is -0.180. The summed E-state index contributed by atoms with van der Waals surface area (Å²) in [4.78, 5) is 12.1. The number of rotatable bonds is 3. The Morgan fingerprint density at radius 1 is 1.30 bits per heavy atom. The standard InChI is InChI=1S/C15H19ClINO2/c16-12-9-11(5-6-13(12)17)14(19)18-10-15(20)7-3-1-2-4-8-15/h5-6,9,20H,1-4,7-8,10H2,(H,18,19). The highest BCUT2D eigenvalue weighted by molar-refractivity contribution is 14.1. The summed E-state index contributed by atoms with van der Waals surface area (Å²) in [5, 5.41) is 13.9. The number of carbonyl (C=O) groups excluding carboxylic acids is 1. The van der Waals surface area contributed by atoms with Gasteiger partial charge in [0.05, 0.1) is 10.6 Å². The highest BCUT2D eigenvalue weighted by Gasteiger charge is 2.28. The van der Waals surface area contributed by atoms with E-state index in [2.05, 4.69) is 27.9 Å². The van der Waals surface area contributed by atoms with Crippen molar-refractivity contribution in [3.8, 4) is 0 Å². The molecule has 2 N–H and O–H groups in total. The van der Waals surface area contributed by atoms with Gasteiger partial charge in [-0.05, 0) is 53.6 Å². The van der Waals surface area contributed by atoms with Gasteiger partial charge in [0, 0.05) is 15.7 Å². The lowest BCUT2D eigenvalue weighted by Gasteiger charge is -2.26. The number of hydrogen-bond acceptors (Lipinski definition) is 2. The Balaban J connectivity index is 1.95. The average Bonchev–Trinajstić information content (AvgIpc) is 2.65. The molecule has 1 aromatic carbocycles. The molecular weight excluding hydrogens is 389 g/mol. The van der Waals surface area contributed by atoms with Gasteiger partial charge in [-0.1, -0.05) is 37.3 Å². The van der Waals surface area contributed by atoms with Crippen LogP contribution in [-0.2, 0) is 0 Å². The highest BCUT2D eigenvalue weighted by Crippen LogP contribution is 2.26. The van der Waals surface area contributed by atoms with Crippen molar-refractivity contribution in [2.75, 3.05) is 6.54 Å². The first-order chi connectivity index (χ1) is 9.50. The van der Waals surface area contributed by atoms with Gasteiger partial charge in [0.1, 0.15) is 0 Å². The predicted octanol–water partition coefficient (Wildman–Crippen LogP) is 3.76. The monoisotopic (exact) mass is 407 g/mol. The van der Waals surface area contributed by atoms with Crippen LogP contribution in [0.2, 0.25) is 5.02 Å². The number of amides is 1. The van der Waals surface area contributed by atoms with Crippen LogP contribution in [0.5, 0.6) is 0 Å². The van der Waals surface area contributed by atoms with E-state index >= 15 is 0 Å². The Kier molecular flexibility index (Phi) is 5.69. The average molecular weight is 408 g/mol. The molecule has 2 rings (SSSR count). The third-order valence-corrected chi connectivity index (χ3v) is 5.37. The summed E-state index contributed by atoms with van der Waals surface area (Å²) in [6.07, 6.45) is 5.93. The van der Waals surface area contributed by atoms with Gasteiger partial charge in [-0.25, -0.2) is 0 Å². The van der Waals surface area contributed by atoms with E-state index in [1.54, 1.807) is 12.1 Å². The molecule has 0 bridgehead atoms. The third-order valence-electron chi connectivity index (χ3n) is 3.79. The van der Waals surface area contributed by atoms with Crippen LogP contribution in [0.1, 0.15) is 48.9 Å². The number of nitrogens with one attached hydrogen (secondary N) is 1. The van der Waals surface area contributed by atoms with Crippen molar-refractivity contribution in [1.82, 2.24) is 5.32 Å². The molecule has 110 valence electrons. The van der Waals surface area contributed by atoms with Crippen molar-refractivity contribution in [2.24, 2.45) is 0 Å². The molecule has 1 amide bonds. The quantitative estimate of drug-likeness (QED) is 0.592. The molecular formula is C15H19ClINO2. The minimum Gasteiger partial charge on any atom is -0.388 e. The maximum Gasteiger partial charge on any atom is 0.251 e. The molecule has 1 fully saturated rings. The highest BCUT2D eigenvalue weighted by atomic mass is 127. The van der Waals surface area contributed by atoms with E-state index in [0.717, 1.165) is 29.3 Å². The topological polar surface area (TPSA) is 49.3 Å². The zero-order chi connectivity index (χ0) is 14.6. The van der Waals surface area contributed by atoms with Crippen LogP contribution in [0.4, 0.5) is 0 Å². The molecule has 1 aliphatic rings. The number of aliphatic hydroxyl groups is 1. The van der Waals surface area contributed by atoms with E-state index in [1.807, 2.05) is 6.07 Å². The predicted molar refractivity (Wildman–Crippen MR) is 89.2 cm³/mol. The Morgan fingerprint density at radius 3 is 2.55 bits per heavy atom. The maximum atomic E-state index is 12.1. The Labute approximate surface area is 138 Å². The largest absolute Gasteiger partial charge is 0.388 e. The second-order valence-electron chi connectivity index (χ2n) is 5.45. The fourth-order valence-electron chi connectivity index (χ4n) is 2.55. The lowest BCUT2D eigenvalue weighted by atomic mass is 9.94. The minimum atomic E-state index is -0.751. The molecule has 0 aromatic heterocycles. The fraction of sp³-hybridized carbons (Fsp3) is 0.533. The lowest BCUT2D eigenvalue weighted by molar-refractivity contribution is 0.0246. The molecule has 0 atom stereocenters. The molecule has 5 heteroatoms. The van der Waals surface area contributed by atoms with E-state index in [9.17, 15) is 9.90 Å². The lowest BCUT2D eigenvalue weighted by Crippen LogP contribution is -2.42. The van der Waals surface area contributed by atoms with Crippen molar-refractivity contribution in [2.45, 2.75) is 44.1 Å². The number of carbonyl (C=O) groups is 1. The molecule has 0 saturated heterocycles. The summed E-state index contributed by atoms with van der Waals surface area (Å²) in [6.45, 7) is 0.315. The molecule has 1 aromatic rings. The second-order valence-corrected chi connectivity index (χ2v) is 7.02. The van der Waals surface area contributed by atoms with E-state index in [0.29, 0.717) is 17.1 Å². The van der Waals surface area contributed by atoms with E-state index in [-0.39, 0.29) is 5.91 Å². The molecule has 1 aliphatic carbocycles. The molecule has 0 radical (unpaired) electrons. The van der Waals surface area contributed by atoms with Crippen molar-refractivity contribution >= 4 is 40.1 Å². The molecule has 1 saturated carbocycles. The zero-order valence-corrected chi connectivity index (χ0v) is 14.2. The molecule has 0 aliphatic heterocycles. The summed E-state index contributed by atoms with van der Waals surface area (Å²) in [5.41, 5.74) is -0.216. The van der Waals surface area contributed by atoms with Crippen LogP contribution >= 0.6 is 34.2 Å². The van der Waals surface area contributed by atoms with Crippen molar-refractivity contribution < 1.29 is 9.90 Å². The second kappa shape index (κ2) is 7.09. The first-order valence-corrected chi connectivity index (χ1v) is 8.41. The first kappa shape index (κ1) is 16.0. The van der Waals surface area contributed by atoms with Gasteiger partial charge in [-0.3, -0.25) is 4.79 Å². The van der Waals surface area contributed by atoms with Gasteiger partial charge < -0.3 is 10.4 Å². The van der Waals surface area contributed by atoms with Gasteiger partial charge in [0.2, 0.25) is 0 Å². The Bertz CT molecular complexity index is 485. The molecule has 0 unspecified atom stereocenters. The molecule has 20 heavy (non-hydrogen) atoms. The summed E-state index contributed by atoms with van der Waals surface area (Å²) >= 11 is 8.14. The number of halogens is 2. The van der Waals surface area contributed by atoms with E-state index in [1.165, 1.54) is 12.8 Å². The fourth-order valence-corrected chi connectivity index (χ4v) is 3.06. The van der Waals surface area contributed by atoms with Crippen molar-refractivity contribution in [3.63, 3.8) is 0 Å². The van der Waals surface area contributed by atoms with Crippen LogP contribution in [0.15, 0.2) is 18.2 Å². The van der Waals surface area contributed by atoms with E-state index in [4.69, 9.17) is 11.6 Å². The van der Waals surface area contributed by atoms with Gasteiger partial charge in [0.25, 0.3) is 5.91 Å². The van der Waals surface area contributed by atoms with E-state index < -0.39 is 5.60 Å². The van der Waals surface area contributed by atoms with Crippen molar-refractivity contribution in [1.29, 1.82) is 0 Å². The summed E-state index contributed by atoms with van der Waals surface area (Å²) in [6, 6.07) is 5.23. The van der Waals surface area contributed by atoms with Crippen molar-refractivity contribution in [3.05, 3.63) is 32.4 Å². The summed E-state index contributed by atoms with van der Waals surface area (Å²) < 4.78 is 0.920. The SMILES string of the molecule is O=C(NCC1(O)CCCCCC1)c1ccc(I)c(Cl)c1. The van der Waals surface area contributed by atoms with Gasteiger partial charge in [-0.2, -0.15) is 0 Å². The Hall–Kier alpha value is -0.330. The van der Waals surface area contributed by atoms with Crippen LogP contribution < -0.4 is 5.32 Å².